The molecule has 7 heteroatoms. The van der Waals surface area contributed by atoms with E-state index in [-0.39, 0.29) is 23.7 Å². The maximum absolute atomic E-state index is 13.4. The van der Waals surface area contributed by atoms with Crippen LogP contribution in [0.3, 0.4) is 0 Å². The van der Waals surface area contributed by atoms with E-state index in [1.165, 1.54) is 23.1 Å². The maximum atomic E-state index is 13.4. The van der Waals surface area contributed by atoms with Gasteiger partial charge in [0.05, 0.1) is 6.61 Å². The fourth-order valence-corrected chi connectivity index (χ4v) is 2.52. The molecule has 4 nitrogen and oxygen atoms in total. The summed E-state index contributed by atoms with van der Waals surface area (Å²) >= 11 is 0. The lowest BCUT2D eigenvalue weighted by Crippen LogP contribution is -2.49. The van der Waals surface area contributed by atoms with Gasteiger partial charge in [-0.1, -0.05) is 6.07 Å². The molecule has 2 N–H and O–H groups in total. The average molecular weight is 304 g/mol. The van der Waals surface area contributed by atoms with Crippen LogP contribution in [0.15, 0.2) is 18.2 Å². The first kappa shape index (κ1) is 15.9. The molecule has 0 bridgehead atoms. The number of phenolic OH excluding ortho intramolecular Hbond substituents is 1. The summed E-state index contributed by atoms with van der Waals surface area (Å²) in [5.41, 5.74) is 0.0886. The van der Waals surface area contributed by atoms with E-state index >= 15 is 0 Å². The van der Waals surface area contributed by atoms with E-state index in [0.29, 0.717) is 26.2 Å². The third-order valence-electron chi connectivity index (χ3n) is 3.43. The second kappa shape index (κ2) is 6.53. The lowest BCUT2D eigenvalue weighted by Gasteiger charge is -2.36. The van der Waals surface area contributed by atoms with Crippen molar-refractivity contribution in [3.05, 3.63) is 23.8 Å². The Morgan fingerprint density at radius 2 is 2.00 bits per heavy atom. The van der Waals surface area contributed by atoms with Crippen LogP contribution >= 0.6 is 0 Å². The predicted molar refractivity (Wildman–Crippen MR) is 72.5 cm³/mol. The molecule has 0 unspecified atom stereocenters. The first-order valence-electron chi connectivity index (χ1n) is 6.90. The van der Waals surface area contributed by atoms with E-state index in [2.05, 4.69) is 5.32 Å². The number of hydrogen-bond acceptors (Lipinski definition) is 4. The van der Waals surface area contributed by atoms with Crippen molar-refractivity contribution in [2.75, 3.05) is 32.8 Å². The number of ether oxygens (including phenoxy) is 1. The van der Waals surface area contributed by atoms with E-state index in [1.807, 2.05) is 0 Å². The minimum Gasteiger partial charge on any atom is -0.504 e. The molecule has 0 aromatic heterocycles. The third-order valence-corrected chi connectivity index (χ3v) is 3.43. The highest BCUT2D eigenvalue weighted by atomic mass is 19.4. The van der Waals surface area contributed by atoms with Crippen molar-refractivity contribution < 1.29 is 23.0 Å². The van der Waals surface area contributed by atoms with Gasteiger partial charge in [-0.15, -0.1) is 0 Å². The molecular weight excluding hydrogens is 285 g/mol. The Kier molecular flexibility index (Phi) is 4.95. The van der Waals surface area contributed by atoms with Crippen LogP contribution in [0.1, 0.15) is 18.5 Å². The number of halogens is 3. The molecule has 0 radical (unpaired) electrons. The SMILES string of the molecule is CCOc1cc([C@H](N2CCNCC2)C(F)(F)F)ccc1O. The smallest absolute Gasteiger partial charge is 0.408 e. The molecule has 2 rings (SSSR count). The molecule has 1 saturated heterocycles. The van der Waals surface area contributed by atoms with Crippen molar-refractivity contribution >= 4 is 0 Å². The van der Waals surface area contributed by atoms with Gasteiger partial charge in [-0.2, -0.15) is 13.2 Å². The van der Waals surface area contributed by atoms with Crippen molar-refractivity contribution in [2.24, 2.45) is 0 Å². The molecule has 1 aliphatic rings. The zero-order valence-corrected chi connectivity index (χ0v) is 11.8. The fourth-order valence-electron chi connectivity index (χ4n) is 2.52. The van der Waals surface area contributed by atoms with Crippen LogP contribution in [0.25, 0.3) is 0 Å². The van der Waals surface area contributed by atoms with E-state index < -0.39 is 12.2 Å². The molecular formula is C14H19F3N2O2. The van der Waals surface area contributed by atoms with Gasteiger partial charge >= 0.3 is 6.18 Å². The van der Waals surface area contributed by atoms with Gasteiger partial charge in [-0.25, -0.2) is 0 Å². The number of alkyl halides is 3. The number of aromatic hydroxyl groups is 1. The molecule has 21 heavy (non-hydrogen) atoms. The molecule has 0 spiro atoms. The summed E-state index contributed by atoms with van der Waals surface area (Å²) in [6, 6.07) is 2.15. The predicted octanol–water partition coefficient (Wildman–Crippen LogP) is 2.30. The monoisotopic (exact) mass is 304 g/mol. The van der Waals surface area contributed by atoms with Crippen molar-refractivity contribution in [1.82, 2.24) is 10.2 Å². The van der Waals surface area contributed by atoms with Crippen LogP contribution in [0, 0.1) is 0 Å². The lowest BCUT2D eigenvalue weighted by molar-refractivity contribution is -0.187. The summed E-state index contributed by atoms with van der Waals surface area (Å²) < 4.78 is 45.5. The topological polar surface area (TPSA) is 44.7 Å². The molecule has 1 aromatic rings. The number of nitrogens with one attached hydrogen (secondary N) is 1. The average Bonchev–Trinajstić information content (AvgIpc) is 2.42. The highest BCUT2D eigenvalue weighted by molar-refractivity contribution is 5.43. The molecule has 1 heterocycles. The Balaban J connectivity index is 2.34. The quantitative estimate of drug-likeness (QED) is 0.896. The Morgan fingerprint density at radius 3 is 2.57 bits per heavy atom. The van der Waals surface area contributed by atoms with Gasteiger partial charge in [-0.05, 0) is 24.6 Å². The Morgan fingerprint density at radius 1 is 1.33 bits per heavy atom. The molecule has 0 amide bonds. The van der Waals surface area contributed by atoms with E-state index in [0.717, 1.165) is 0 Å². The number of rotatable bonds is 4. The number of nitrogens with zero attached hydrogens (tertiary/aromatic N) is 1. The molecule has 1 fully saturated rings. The van der Waals surface area contributed by atoms with E-state index in [9.17, 15) is 18.3 Å². The highest BCUT2D eigenvalue weighted by Gasteiger charge is 2.45. The molecule has 1 aliphatic heterocycles. The second-order valence-corrected chi connectivity index (χ2v) is 4.89. The van der Waals surface area contributed by atoms with Crippen LogP contribution in [-0.2, 0) is 0 Å². The van der Waals surface area contributed by atoms with Crippen molar-refractivity contribution in [3.8, 4) is 11.5 Å². The van der Waals surface area contributed by atoms with Crippen LogP contribution in [0.2, 0.25) is 0 Å². The maximum Gasteiger partial charge on any atom is 0.408 e. The van der Waals surface area contributed by atoms with E-state index in [1.54, 1.807) is 6.92 Å². The molecule has 118 valence electrons. The summed E-state index contributed by atoms with van der Waals surface area (Å²) in [5, 5.41) is 12.7. The summed E-state index contributed by atoms with van der Waals surface area (Å²) in [5.74, 6) is -0.0683. The van der Waals surface area contributed by atoms with Gasteiger partial charge in [0, 0.05) is 26.2 Å². The van der Waals surface area contributed by atoms with Crippen molar-refractivity contribution in [3.63, 3.8) is 0 Å². The highest BCUT2D eigenvalue weighted by Crippen LogP contribution is 2.40. The van der Waals surface area contributed by atoms with Crippen LogP contribution < -0.4 is 10.1 Å². The van der Waals surface area contributed by atoms with Gasteiger partial charge in [-0.3, -0.25) is 4.90 Å². The normalized spacial score (nSPS) is 18.5. The lowest BCUT2D eigenvalue weighted by atomic mass is 10.0. The minimum atomic E-state index is -4.38. The summed E-state index contributed by atoms with van der Waals surface area (Å²) in [4.78, 5) is 1.40. The number of phenols is 1. The summed E-state index contributed by atoms with van der Waals surface area (Å²) in [6.45, 7) is 3.71. The Labute approximate surface area is 121 Å². The Bertz CT molecular complexity index is 474. The number of benzene rings is 1. The van der Waals surface area contributed by atoms with Gasteiger partial charge in [0.2, 0.25) is 0 Å². The molecule has 0 aliphatic carbocycles. The van der Waals surface area contributed by atoms with Gasteiger partial charge in [0.15, 0.2) is 11.5 Å². The van der Waals surface area contributed by atoms with Crippen LogP contribution in [-0.4, -0.2) is 49.0 Å². The summed E-state index contributed by atoms with van der Waals surface area (Å²) in [6.07, 6.45) is -4.38. The standard InChI is InChI=1S/C14H19F3N2O2/c1-2-21-12-9-10(3-4-11(12)20)13(14(15,16)17)19-7-5-18-6-8-19/h3-4,9,13,18,20H,2,5-8H2,1H3/t13-/m0/s1. The van der Waals surface area contributed by atoms with Crippen molar-refractivity contribution in [2.45, 2.75) is 19.1 Å². The number of hydrogen-bond donors (Lipinski definition) is 2. The first-order chi connectivity index (χ1) is 9.93. The molecule has 1 atom stereocenters. The third kappa shape index (κ3) is 3.79. The fraction of sp³-hybridized carbons (Fsp3) is 0.571. The molecule has 0 saturated carbocycles. The summed E-state index contributed by atoms with van der Waals surface area (Å²) in [7, 11) is 0. The zero-order chi connectivity index (χ0) is 15.5. The van der Waals surface area contributed by atoms with Gasteiger partial charge in [0.25, 0.3) is 0 Å². The van der Waals surface area contributed by atoms with Crippen LogP contribution in [0.4, 0.5) is 13.2 Å². The first-order valence-corrected chi connectivity index (χ1v) is 6.90. The minimum absolute atomic E-state index is 0.0828. The van der Waals surface area contributed by atoms with E-state index in [4.69, 9.17) is 4.74 Å². The molecule has 1 aromatic carbocycles. The van der Waals surface area contributed by atoms with Gasteiger partial charge in [0.1, 0.15) is 6.04 Å². The largest absolute Gasteiger partial charge is 0.504 e. The van der Waals surface area contributed by atoms with Crippen molar-refractivity contribution in [1.29, 1.82) is 0 Å². The van der Waals surface area contributed by atoms with Gasteiger partial charge < -0.3 is 15.2 Å². The van der Waals surface area contributed by atoms with Crippen LogP contribution in [0.5, 0.6) is 11.5 Å². The zero-order valence-electron chi connectivity index (χ0n) is 11.8. The second-order valence-electron chi connectivity index (χ2n) is 4.89. The number of piperazine rings is 1. The Hall–Kier alpha value is -1.47.